The van der Waals surface area contributed by atoms with Crippen LogP contribution in [0.15, 0.2) is 24.4 Å². The fourth-order valence-corrected chi connectivity index (χ4v) is 4.07. The van der Waals surface area contributed by atoms with Crippen molar-refractivity contribution in [2.75, 3.05) is 18.8 Å². The van der Waals surface area contributed by atoms with Crippen LogP contribution in [0, 0.1) is 5.92 Å². The summed E-state index contributed by atoms with van der Waals surface area (Å²) in [4.78, 5) is 14.7. The number of aliphatic carboxylic acids is 1. The largest absolute Gasteiger partial charge is 0.481 e. The van der Waals surface area contributed by atoms with Crippen LogP contribution in [0.25, 0.3) is 0 Å². The molecule has 1 aliphatic rings. The number of hydrogen-bond acceptors (Lipinski definition) is 4. The highest BCUT2D eigenvalue weighted by atomic mass is 32.2. The Morgan fingerprint density at radius 1 is 1.43 bits per heavy atom. The Morgan fingerprint density at radius 3 is 2.90 bits per heavy atom. The maximum atomic E-state index is 12.3. The highest BCUT2D eigenvalue weighted by Gasteiger charge is 2.31. The molecule has 0 bridgehead atoms. The van der Waals surface area contributed by atoms with Gasteiger partial charge < -0.3 is 5.11 Å². The Labute approximate surface area is 124 Å². The predicted molar refractivity (Wildman–Crippen MR) is 78.3 cm³/mol. The zero-order chi connectivity index (χ0) is 15.3. The fraction of sp³-hybridized carbons (Fsp3) is 0.571. The summed E-state index contributed by atoms with van der Waals surface area (Å²) in [6.07, 6.45) is 3.45. The van der Waals surface area contributed by atoms with E-state index in [9.17, 15) is 13.2 Å². The third-order valence-electron chi connectivity index (χ3n) is 3.75. The molecule has 1 fully saturated rings. The van der Waals surface area contributed by atoms with E-state index in [1.54, 1.807) is 12.3 Å². The summed E-state index contributed by atoms with van der Waals surface area (Å²) in [5, 5.41) is 8.67. The lowest BCUT2D eigenvalue weighted by Gasteiger charge is -2.16. The van der Waals surface area contributed by atoms with Crippen molar-refractivity contribution < 1.29 is 18.3 Å². The first-order valence-electron chi connectivity index (χ1n) is 7.07. The summed E-state index contributed by atoms with van der Waals surface area (Å²) < 4.78 is 26.0. The molecule has 1 aromatic rings. The molecule has 2 heterocycles. The van der Waals surface area contributed by atoms with E-state index < -0.39 is 16.0 Å². The van der Waals surface area contributed by atoms with E-state index >= 15 is 0 Å². The van der Waals surface area contributed by atoms with Gasteiger partial charge in [0, 0.05) is 37.8 Å². The molecule has 0 aromatic carbocycles. The molecule has 2 rings (SSSR count). The Kier molecular flexibility index (Phi) is 5.30. The molecule has 116 valence electrons. The highest BCUT2D eigenvalue weighted by molar-refractivity contribution is 7.89. The van der Waals surface area contributed by atoms with Gasteiger partial charge in [0.25, 0.3) is 0 Å². The number of nitrogens with zero attached hydrogens (tertiary/aromatic N) is 2. The summed E-state index contributed by atoms with van der Waals surface area (Å²) in [6, 6.07) is 5.45. The van der Waals surface area contributed by atoms with Gasteiger partial charge in [0.15, 0.2) is 0 Å². The molecule has 1 N–H and O–H groups in total. The first-order valence-corrected chi connectivity index (χ1v) is 8.68. The predicted octanol–water partition coefficient (Wildman–Crippen LogP) is 1.14. The minimum atomic E-state index is -3.28. The van der Waals surface area contributed by atoms with Crippen LogP contribution in [-0.2, 0) is 21.2 Å². The molecule has 1 aromatic heterocycles. The first kappa shape index (κ1) is 15.9. The van der Waals surface area contributed by atoms with Gasteiger partial charge in [0.1, 0.15) is 0 Å². The third-order valence-corrected chi connectivity index (χ3v) is 5.59. The number of pyridine rings is 1. The highest BCUT2D eigenvalue weighted by Crippen LogP contribution is 2.23. The fourth-order valence-electron chi connectivity index (χ4n) is 2.52. The van der Waals surface area contributed by atoms with E-state index in [1.807, 2.05) is 12.1 Å². The Hall–Kier alpha value is -1.47. The quantitative estimate of drug-likeness (QED) is 0.816. The van der Waals surface area contributed by atoms with Crippen LogP contribution in [0.4, 0.5) is 0 Å². The van der Waals surface area contributed by atoms with Crippen molar-refractivity contribution in [2.45, 2.75) is 25.7 Å². The molecule has 0 saturated carbocycles. The Morgan fingerprint density at radius 2 is 2.24 bits per heavy atom. The number of sulfonamides is 1. The average Bonchev–Trinajstić information content (AvgIpc) is 2.94. The van der Waals surface area contributed by atoms with Crippen LogP contribution >= 0.6 is 0 Å². The maximum Gasteiger partial charge on any atom is 0.303 e. The number of rotatable bonds is 7. The first-order chi connectivity index (χ1) is 9.97. The minimum absolute atomic E-state index is 0.0513. The second-order valence-corrected chi connectivity index (χ2v) is 7.42. The van der Waals surface area contributed by atoms with Crippen LogP contribution in [0.1, 0.15) is 25.0 Å². The van der Waals surface area contributed by atoms with E-state index in [2.05, 4.69) is 4.98 Å². The SMILES string of the molecule is O=C(O)CCC1CCN(S(=O)(=O)CCc2ccccn2)C1. The molecule has 6 nitrogen and oxygen atoms in total. The number of carbonyl (C=O) groups is 1. The van der Waals surface area contributed by atoms with Gasteiger partial charge in [-0.3, -0.25) is 9.78 Å². The van der Waals surface area contributed by atoms with Crippen molar-refractivity contribution in [3.63, 3.8) is 0 Å². The lowest BCUT2D eigenvalue weighted by Crippen LogP contribution is -2.31. The number of hydrogen-bond donors (Lipinski definition) is 1. The molecule has 0 spiro atoms. The van der Waals surface area contributed by atoms with Crippen molar-refractivity contribution in [3.05, 3.63) is 30.1 Å². The van der Waals surface area contributed by atoms with E-state index in [-0.39, 0.29) is 18.1 Å². The van der Waals surface area contributed by atoms with Gasteiger partial charge in [0.05, 0.1) is 5.75 Å². The van der Waals surface area contributed by atoms with Gasteiger partial charge in [-0.15, -0.1) is 0 Å². The molecule has 7 heteroatoms. The van der Waals surface area contributed by atoms with Crippen molar-refractivity contribution in [3.8, 4) is 0 Å². The molecule has 21 heavy (non-hydrogen) atoms. The van der Waals surface area contributed by atoms with Crippen LogP contribution in [0.3, 0.4) is 0 Å². The zero-order valence-corrected chi connectivity index (χ0v) is 12.6. The van der Waals surface area contributed by atoms with Crippen LogP contribution in [0.2, 0.25) is 0 Å². The molecule has 1 unspecified atom stereocenters. The van der Waals surface area contributed by atoms with Gasteiger partial charge in [-0.2, -0.15) is 0 Å². The summed E-state index contributed by atoms with van der Waals surface area (Å²) >= 11 is 0. The van der Waals surface area contributed by atoms with Gasteiger partial charge >= 0.3 is 5.97 Å². The van der Waals surface area contributed by atoms with Crippen LogP contribution in [-0.4, -0.2) is 47.6 Å². The Balaban J connectivity index is 1.84. The molecule has 1 atom stereocenters. The molecule has 1 saturated heterocycles. The maximum absolute atomic E-state index is 12.3. The van der Waals surface area contributed by atoms with E-state index in [0.29, 0.717) is 25.9 Å². The summed E-state index contributed by atoms with van der Waals surface area (Å²) in [7, 11) is -3.28. The number of aromatic nitrogens is 1. The second kappa shape index (κ2) is 7.00. The molecule has 0 radical (unpaired) electrons. The number of carboxylic acids is 1. The smallest absolute Gasteiger partial charge is 0.303 e. The van der Waals surface area contributed by atoms with Crippen molar-refractivity contribution in [1.29, 1.82) is 0 Å². The summed E-state index contributed by atoms with van der Waals surface area (Å²) in [5.74, 6) is -0.618. The monoisotopic (exact) mass is 312 g/mol. The topological polar surface area (TPSA) is 87.6 Å². The van der Waals surface area contributed by atoms with Crippen molar-refractivity contribution in [2.24, 2.45) is 5.92 Å². The second-order valence-electron chi connectivity index (χ2n) is 5.33. The van der Waals surface area contributed by atoms with Gasteiger partial charge in [-0.05, 0) is 30.9 Å². The number of aryl methyl sites for hydroxylation is 1. The molecular weight excluding hydrogens is 292 g/mol. The summed E-state index contributed by atoms with van der Waals surface area (Å²) in [6.45, 7) is 0.937. The van der Waals surface area contributed by atoms with E-state index in [4.69, 9.17) is 5.11 Å². The molecular formula is C14H20N2O4S. The van der Waals surface area contributed by atoms with Crippen molar-refractivity contribution >= 4 is 16.0 Å². The van der Waals surface area contributed by atoms with Crippen molar-refractivity contribution in [1.82, 2.24) is 9.29 Å². The lowest BCUT2D eigenvalue weighted by atomic mass is 10.0. The van der Waals surface area contributed by atoms with Gasteiger partial charge in [-0.1, -0.05) is 6.07 Å². The van der Waals surface area contributed by atoms with Gasteiger partial charge in [0.2, 0.25) is 10.0 Å². The minimum Gasteiger partial charge on any atom is -0.481 e. The molecule has 0 aliphatic carbocycles. The van der Waals surface area contributed by atoms with Gasteiger partial charge in [-0.25, -0.2) is 12.7 Å². The summed E-state index contributed by atoms with van der Waals surface area (Å²) in [5.41, 5.74) is 0.766. The Bertz CT molecular complexity index is 574. The third kappa shape index (κ3) is 4.78. The van der Waals surface area contributed by atoms with Crippen LogP contribution in [0.5, 0.6) is 0 Å². The molecule has 0 amide bonds. The zero-order valence-electron chi connectivity index (χ0n) is 11.8. The normalized spacial score (nSPS) is 19.7. The van der Waals surface area contributed by atoms with E-state index in [1.165, 1.54) is 4.31 Å². The standard InChI is InChI=1S/C14H20N2O4S/c17-14(18)5-4-12-6-9-16(11-12)21(19,20)10-7-13-3-1-2-8-15-13/h1-3,8,12H,4-7,9-11H2,(H,17,18). The number of carboxylic acid groups (broad SMARTS) is 1. The van der Waals surface area contributed by atoms with Crippen LogP contribution < -0.4 is 0 Å². The average molecular weight is 312 g/mol. The molecule has 1 aliphatic heterocycles. The lowest BCUT2D eigenvalue weighted by molar-refractivity contribution is -0.137. The van der Waals surface area contributed by atoms with E-state index in [0.717, 1.165) is 12.1 Å².